The van der Waals surface area contributed by atoms with Gasteiger partial charge in [-0.25, -0.2) is 9.18 Å². The maximum absolute atomic E-state index is 14.7. The van der Waals surface area contributed by atoms with E-state index in [-0.39, 0.29) is 17.2 Å². The summed E-state index contributed by atoms with van der Waals surface area (Å²) >= 11 is 0. The smallest absolute Gasteiger partial charge is 0.338 e. The van der Waals surface area contributed by atoms with Crippen molar-refractivity contribution in [3.63, 3.8) is 0 Å². The maximum Gasteiger partial charge on any atom is 0.338 e. The largest absolute Gasteiger partial charge is 0.483 e. The highest BCUT2D eigenvalue weighted by atomic mass is 32.2. The summed E-state index contributed by atoms with van der Waals surface area (Å²) in [5, 5.41) is 0. The summed E-state index contributed by atoms with van der Waals surface area (Å²) in [6.45, 7) is 3.79. The first-order valence-corrected chi connectivity index (χ1v) is 12.3. The number of hydrogen-bond acceptors (Lipinski definition) is 5. The third kappa shape index (κ3) is 3.96. The molecule has 0 heterocycles. The van der Waals surface area contributed by atoms with Crippen molar-refractivity contribution in [2.45, 2.75) is 51.6 Å². The first-order valence-electron chi connectivity index (χ1n) is 10.7. The molecule has 6 nitrogen and oxygen atoms in total. The molecule has 0 amide bonds. The molecule has 1 aromatic rings. The Kier molecular flexibility index (Phi) is 5.60. The summed E-state index contributed by atoms with van der Waals surface area (Å²) in [5.41, 5.74) is -0.355. The minimum absolute atomic E-state index is 0.0420. The van der Waals surface area contributed by atoms with Crippen molar-refractivity contribution in [1.82, 2.24) is 0 Å². The summed E-state index contributed by atoms with van der Waals surface area (Å²) in [4.78, 5) is 12.3. The number of ether oxygens (including phenoxy) is 2. The Labute approximate surface area is 176 Å². The Bertz CT molecular complexity index is 898. The average molecular weight is 441 g/mol. The molecule has 0 aliphatic heterocycles. The molecular formula is C22H29FO6S. The second kappa shape index (κ2) is 7.79. The molecule has 0 saturated heterocycles. The first kappa shape index (κ1) is 21.6. The summed E-state index contributed by atoms with van der Waals surface area (Å²) in [6, 6.07) is 3.82. The number of hydrogen-bond donors (Lipinski definition) is 1. The van der Waals surface area contributed by atoms with Crippen molar-refractivity contribution in [3.05, 3.63) is 29.6 Å². The van der Waals surface area contributed by atoms with Gasteiger partial charge in [0.15, 0.2) is 11.6 Å². The summed E-state index contributed by atoms with van der Waals surface area (Å²) in [6.07, 6.45) is 5.77. The van der Waals surface area contributed by atoms with Crippen molar-refractivity contribution < 1.29 is 31.6 Å². The van der Waals surface area contributed by atoms with Crippen molar-refractivity contribution >= 4 is 16.1 Å². The number of halogens is 1. The van der Waals surface area contributed by atoms with Gasteiger partial charge in [-0.2, -0.15) is 8.42 Å². The second-order valence-corrected chi connectivity index (χ2v) is 11.1. The van der Waals surface area contributed by atoms with Gasteiger partial charge in [-0.1, -0.05) is 13.8 Å². The highest BCUT2D eigenvalue weighted by molar-refractivity contribution is 7.85. The van der Waals surface area contributed by atoms with Crippen molar-refractivity contribution in [2.75, 3.05) is 12.4 Å². The van der Waals surface area contributed by atoms with Crippen LogP contribution in [0.4, 0.5) is 4.39 Å². The van der Waals surface area contributed by atoms with E-state index < -0.39 is 39.9 Å². The lowest BCUT2D eigenvalue weighted by Gasteiger charge is -2.62. The fraction of sp³-hybridized carbons (Fsp3) is 0.682. The summed E-state index contributed by atoms with van der Waals surface area (Å²) < 4.78 is 56.4. The molecule has 0 atom stereocenters. The summed E-state index contributed by atoms with van der Waals surface area (Å²) in [7, 11) is -4.23. The fourth-order valence-electron chi connectivity index (χ4n) is 6.37. The van der Waals surface area contributed by atoms with Gasteiger partial charge in [-0.05, 0) is 79.9 Å². The van der Waals surface area contributed by atoms with Crippen LogP contribution < -0.4 is 4.74 Å². The first-order chi connectivity index (χ1) is 14.1. The van der Waals surface area contributed by atoms with Crippen molar-refractivity contribution in [2.24, 2.45) is 29.6 Å². The van der Waals surface area contributed by atoms with E-state index in [1.165, 1.54) is 24.6 Å². The quantitative estimate of drug-likeness (QED) is 0.507. The molecule has 8 heteroatoms. The minimum Gasteiger partial charge on any atom is -0.483 e. The number of benzene rings is 1. The molecule has 0 aromatic heterocycles. The lowest BCUT2D eigenvalue weighted by molar-refractivity contribution is -0.180. The fourth-order valence-corrected chi connectivity index (χ4v) is 6.66. The van der Waals surface area contributed by atoms with Gasteiger partial charge in [-0.3, -0.25) is 4.55 Å². The highest BCUT2D eigenvalue weighted by Gasteiger charge is 2.60. The molecule has 1 aromatic carbocycles. The molecule has 4 aliphatic carbocycles. The van der Waals surface area contributed by atoms with Gasteiger partial charge in [-0.15, -0.1) is 0 Å². The van der Waals surface area contributed by atoms with Gasteiger partial charge in [0.2, 0.25) is 0 Å². The third-order valence-corrected chi connectivity index (χ3v) is 8.03. The Hall–Kier alpha value is -1.67. The van der Waals surface area contributed by atoms with Gasteiger partial charge >= 0.3 is 5.97 Å². The zero-order valence-corrected chi connectivity index (χ0v) is 18.2. The van der Waals surface area contributed by atoms with Crippen LogP contribution in [0.3, 0.4) is 0 Å². The topological polar surface area (TPSA) is 89.9 Å². The molecule has 30 heavy (non-hydrogen) atoms. The molecule has 4 bridgehead atoms. The average Bonchev–Trinajstić information content (AvgIpc) is 2.64. The van der Waals surface area contributed by atoms with Crippen molar-refractivity contribution in [1.29, 1.82) is 0 Å². The normalized spacial score (nSPS) is 32.4. The van der Waals surface area contributed by atoms with Crippen LogP contribution in [0.15, 0.2) is 18.2 Å². The molecular weight excluding hydrogens is 411 g/mol. The zero-order chi connectivity index (χ0) is 21.7. The molecule has 0 radical (unpaired) electrons. The van der Waals surface area contributed by atoms with Crippen LogP contribution in [0.1, 0.15) is 56.3 Å². The zero-order valence-electron chi connectivity index (χ0n) is 17.3. The predicted octanol–water partition coefficient (Wildman–Crippen LogP) is 4.10. The SMILES string of the molecule is CC(C)C1(Oc2cc(C(=O)OCCS(=O)(=O)O)ccc2F)C2CC3CC(C2)CC1C3. The molecule has 4 aliphatic rings. The molecule has 0 spiro atoms. The van der Waals surface area contributed by atoms with E-state index >= 15 is 0 Å². The lowest BCUT2D eigenvalue weighted by atomic mass is 9.47. The molecule has 166 valence electrons. The van der Waals surface area contributed by atoms with Crippen molar-refractivity contribution in [3.8, 4) is 5.75 Å². The molecule has 1 N–H and O–H groups in total. The molecule has 0 unspecified atom stereocenters. The number of carbonyl (C=O) groups is 1. The van der Waals surface area contributed by atoms with Crippen LogP contribution in [0, 0.1) is 35.4 Å². The Morgan fingerprint density at radius 3 is 2.30 bits per heavy atom. The maximum atomic E-state index is 14.7. The monoisotopic (exact) mass is 440 g/mol. The predicted molar refractivity (Wildman–Crippen MR) is 108 cm³/mol. The third-order valence-electron chi connectivity index (χ3n) is 7.34. The number of carbonyl (C=O) groups excluding carboxylic acids is 1. The van der Waals surface area contributed by atoms with Gasteiger partial charge < -0.3 is 9.47 Å². The highest BCUT2D eigenvalue weighted by Crippen LogP contribution is 2.61. The van der Waals surface area contributed by atoms with Crippen LogP contribution >= 0.6 is 0 Å². The van der Waals surface area contributed by atoms with Gasteiger partial charge in [0.25, 0.3) is 10.1 Å². The van der Waals surface area contributed by atoms with Crippen LogP contribution in [0.5, 0.6) is 5.75 Å². The van der Waals surface area contributed by atoms with Gasteiger partial charge in [0, 0.05) is 0 Å². The van der Waals surface area contributed by atoms with E-state index in [1.54, 1.807) is 0 Å². The van der Waals surface area contributed by atoms with E-state index in [9.17, 15) is 17.6 Å². The van der Waals surface area contributed by atoms with Crippen LogP contribution in [-0.2, 0) is 14.9 Å². The Balaban J connectivity index is 1.56. The molecule has 4 saturated carbocycles. The van der Waals surface area contributed by atoms with E-state index in [4.69, 9.17) is 14.0 Å². The van der Waals surface area contributed by atoms with Crippen LogP contribution in [0.2, 0.25) is 0 Å². The lowest BCUT2D eigenvalue weighted by Crippen LogP contribution is -2.63. The summed E-state index contributed by atoms with van der Waals surface area (Å²) in [5.74, 6) is 0.514. The second-order valence-electron chi connectivity index (χ2n) is 9.48. The Morgan fingerprint density at radius 2 is 1.77 bits per heavy atom. The van der Waals surface area contributed by atoms with E-state index in [1.807, 2.05) is 0 Å². The van der Waals surface area contributed by atoms with Gasteiger partial charge in [0.05, 0.1) is 5.56 Å². The van der Waals surface area contributed by atoms with E-state index in [0.29, 0.717) is 11.8 Å². The molecule has 5 rings (SSSR count). The number of rotatable bonds is 7. The van der Waals surface area contributed by atoms with E-state index in [0.717, 1.165) is 37.5 Å². The van der Waals surface area contributed by atoms with Crippen LogP contribution in [-0.4, -0.2) is 36.9 Å². The minimum atomic E-state index is -4.23. The standard InChI is InChI=1S/C22H29FO6S/c1-13(2)22(17-8-14-7-15(10-17)11-18(22)9-14)29-20-12-16(3-4-19(20)23)21(24)28-5-6-30(25,26)27/h3-4,12-15,17-18H,5-11H2,1-2H3,(H,25,26,27). The molecule has 4 fully saturated rings. The van der Waals surface area contributed by atoms with Crippen LogP contribution in [0.25, 0.3) is 0 Å². The van der Waals surface area contributed by atoms with E-state index in [2.05, 4.69) is 13.8 Å². The Morgan fingerprint density at radius 1 is 1.17 bits per heavy atom. The number of esters is 1. The van der Waals surface area contributed by atoms with Gasteiger partial charge in [0.1, 0.15) is 18.0 Å².